The van der Waals surface area contributed by atoms with E-state index in [1.165, 1.54) is 57.8 Å². The quantitative estimate of drug-likeness (QED) is 0.174. The van der Waals surface area contributed by atoms with Crippen molar-refractivity contribution in [3.63, 3.8) is 0 Å². The van der Waals surface area contributed by atoms with Gasteiger partial charge in [-0.15, -0.1) is 0 Å². The summed E-state index contributed by atoms with van der Waals surface area (Å²) in [6, 6.07) is 1.01. The van der Waals surface area contributed by atoms with Crippen LogP contribution in [0.5, 0.6) is 0 Å². The van der Waals surface area contributed by atoms with Gasteiger partial charge in [0.1, 0.15) is 0 Å². The molecule has 0 aliphatic rings. The minimum absolute atomic E-state index is 0.0173. The van der Waals surface area contributed by atoms with Crippen molar-refractivity contribution >= 4 is 34.9 Å². The zero-order chi connectivity index (χ0) is 20.9. The number of rotatable bonds is 15. The third-order valence-electron chi connectivity index (χ3n) is 4.99. The molecule has 0 aromatic heterocycles. The molecule has 28 heavy (non-hydrogen) atoms. The molecular weight excluding hydrogens is 401 g/mol. The number of hydrogen-bond donors (Lipinski definition) is 1. The van der Waals surface area contributed by atoms with Crippen LogP contribution in [0.4, 0.5) is 5.69 Å². The number of nitro groups is 1. The molecule has 1 aromatic rings. The minimum atomic E-state index is -1.33. The number of carboxylic acids is 1. The first-order valence-electron chi connectivity index (χ1n) is 10.3. The van der Waals surface area contributed by atoms with Crippen LogP contribution in [0.1, 0.15) is 99.9 Å². The van der Waals surface area contributed by atoms with Gasteiger partial charge >= 0.3 is 5.97 Å². The molecule has 0 heterocycles. The summed E-state index contributed by atoms with van der Waals surface area (Å²) >= 11 is 12.1. The zero-order valence-corrected chi connectivity index (χ0v) is 18.2. The number of benzene rings is 1. The number of unbranched alkanes of at least 4 members (excludes halogenated alkanes) is 11. The van der Waals surface area contributed by atoms with Crippen molar-refractivity contribution in [3.05, 3.63) is 37.4 Å². The van der Waals surface area contributed by atoms with E-state index in [0.29, 0.717) is 12.0 Å². The summed E-state index contributed by atoms with van der Waals surface area (Å²) in [6.07, 6.45) is 14.9. The molecule has 0 saturated carbocycles. The highest BCUT2D eigenvalue weighted by Crippen LogP contribution is 2.37. The molecule has 0 saturated heterocycles. The van der Waals surface area contributed by atoms with Crippen LogP contribution >= 0.6 is 23.2 Å². The van der Waals surface area contributed by atoms with E-state index < -0.39 is 10.9 Å². The molecule has 0 spiro atoms. The maximum absolute atomic E-state index is 11.3. The Hall–Kier alpha value is -1.33. The van der Waals surface area contributed by atoms with Crippen LogP contribution in [-0.4, -0.2) is 16.0 Å². The van der Waals surface area contributed by atoms with Gasteiger partial charge in [0.2, 0.25) is 0 Å². The van der Waals surface area contributed by atoms with Gasteiger partial charge in [0, 0.05) is 11.6 Å². The molecular formula is C21H31Cl2NO4. The Morgan fingerprint density at radius 3 is 1.82 bits per heavy atom. The molecule has 158 valence electrons. The molecule has 0 unspecified atom stereocenters. The van der Waals surface area contributed by atoms with E-state index in [2.05, 4.69) is 6.92 Å². The number of carboxylic acid groups (broad SMARTS) is 1. The second-order valence-electron chi connectivity index (χ2n) is 7.25. The normalized spacial score (nSPS) is 11.0. The Bertz CT molecular complexity index is 650. The second-order valence-corrected chi connectivity index (χ2v) is 8.01. The van der Waals surface area contributed by atoms with Crippen molar-refractivity contribution in [1.82, 2.24) is 0 Å². The van der Waals surface area contributed by atoms with Gasteiger partial charge in [-0.05, 0) is 12.8 Å². The third kappa shape index (κ3) is 8.36. The topological polar surface area (TPSA) is 80.4 Å². The van der Waals surface area contributed by atoms with Gasteiger partial charge < -0.3 is 5.11 Å². The van der Waals surface area contributed by atoms with Gasteiger partial charge in [-0.2, -0.15) is 0 Å². The summed E-state index contributed by atoms with van der Waals surface area (Å²) in [5, 5.41) is 20.3. The van der Waals surface area contributed by atoms with Crippen LogP contribution in [0.3, 0.4) is 0 Å². The van der Waals surface area contributed by atoms with Crippen LogP contribution in [0, 0.1) is 10.1 Å². The molecule has 1 N–H and O–H groups in total. The van der Waals surface area contributed by atoms with Gasteiger partial charge in [0.05, 0.1) is 20.5 Å². The average Bonchev–Trinajstić information content (AvgIpc) is 2.65. The predicted octanol–water partition coefficient (Wildman–Crippen LogP) is 7.84. The molecule has 1 rings (SSSR count). The molecule has 0 amide bonds. The Morgan fingerprint density at radius 1 is 0.929 bits per heavy atom. The molecule has 0 aliphatic carbocycles. The van der Waals surface area contributed by atoms with Crippen LogP contribution in [-0.2, 0) is 6.42 Å². The minimum Gasteiger partial charge on any atom is -0.478 e. The molecule has 5 nitrogen and oxygen atoms in total. The first kappa shape index (κ1) is 24.7. The van der Waals surface area contributed by atoms with Crippen LogP contribution < -0.4 is 0 Å². The molecule has 0 bridgehead atoms. The summed E-state index contributed by atoms with van der Waals surface area (Å²) in [5.41, 5.74) is -0.277. The van der Waals surface area contributed by atoms with Crippen LogP contribution in [0.2, 0.25) is 10.0 Å². The fourth-order valence-electron chi connectivity index (χ4n) is 3.35. The maximum atomic E-state index is 11.3. The zero-order valence-electron chi connectivity index (χ0n) is 16.6. The first-order chi connectivity index (χ1) is 13.4. The maximum Gasteiger partial charge on any atom is 0.337 e. The van der Waals surface area contributed by atoms with Crippen LogP contribution in [0.25, 0.3) is 0 Å². The van der Waals surface area contributed by atoms with Crippen LogP contribution in [0.15, 0.2) is 6.07 Å². The lowest BCUT2D eigenvalue weighted by atomic mass is 10.0. The fraction of sp³-hybridized carbons (Fsp3) is 0.667. The highest BCUT2D eigenvalue weighted by Gasteiger charge is 2.25. The van der Waals surface area contributed by atoms with Crippen molar-refractivity contribution in [2.75, 3.05) is 0 Å². The first-order valence-corrected chi connectivity index (χ1v) is 11.0. The number of carbonyl (C=O) groups is 1. The van der Waals surface area contributed by atoms with Gasteiger partial charge in [-0.25, -0.2) is 4.79 Å². The Morgan fingerprint density at radius 2 is 1.39 bits per heavy atom. The SMILES string of the molecule is CCCCCCCCCCCCCCc1c([N+](=O)[O-])cc(C(=O)O)c(Cl)c1Cl. The third-order valence-corrected chi connectivity index (χ3v) is 5.90. The highest BCUT2D eigenvalue weighted by atomic mass is 35.5. The molecule has 7 heteroatoms. The average molecular weight is 432 g/mol. The molecule has 0 aliphatic heterocycles. The Balaban J connectivity index is 2.36. The standard InChI is InChI=1S/C21H31Cl2NO4/c1-2-3-4-5-6-7-8-9-10-11-12-13-14-16-18(24(27)28)15-17(21(25)26)20(23)19(16)22/h15H,2-14H2,1H3,(H,25,26). The predicted molar refractivity (Wildman–Crippen MR) is 115 cm³/mol. The van der Waals surface area contributed by atoms with E-state index in [1.54, 1.807) is 0 Å². The van der Waals surface area contributed by atoms with Crippen molar-refractivity contribution in [3.8, 4) is 0 Å². The number of aromatic carboxylic acids is 1. The molecule has 0 atom stereocenters. The van der Waals surface area contributed by atoms with Gasteiger partial charge in [-0.3, -0.25) is 10.1 Å². The van der Waals surface area contributed by atoms with Crippen molar-refractivity contribution in [1.29, 1.82) is 0 Å². The lowest BCUT2D eigenvalue weighted by molar-refractivity contribution is -0.385. The smallest absolute Gasteiger partial charge is 0.337 e. The van der Waals surface area contributed by atoms with E-state index in [-0.39, 0.29) is 21.3 Å². The summed E-state index contributed by atoms with van der Waals surface area (Å²) in [7, 11) is 0. The second kappa shape index (κ2) is 13.8. The van der Waals surface area contributed by atoms with E-state index in [4.69, 9.17) is 28.3 Å². The summed E-state index contributed by atoms with van der Waals surface area (Å²) in [6.45, 7) is 2.23. The lowest BCUT2D eigenvalue weighted by Crippen LogP contribution is -2.04. The number of nitrogens with zero attached hydrogens (tertiary/aromatic N) is 1. The highest BCUT2D eigenvalue weighted by molar-refractivity contribution is 6.44. The number of nitro benzene ring substituents is 1. The van der Waals surface area contributed by atoms with E-state index >= 15 is 0 Å². The monoisotopic (exact) mass is 431 g/mol. The van der Waals surface area contributed by atoms with Crippen molar-refractivity contribution in [2.45, 2.75) is 90.4 Å². The number of halogens is 2. The Kier molecular flexibility index (Phi) is 12.2. The summed E-state index contributed by atoms with van der Waals surface area (Å²) in [5.74, 6) is -1.33. The van der Waals surface area contributed by atoms with Crippen molar-refractivity contribution < 1.29 is 14.8 Å². The molecule has 0 radical (unpaired) electrons. The summed E-state index contributed by atoms with van der Waals surface area (Å²) in [4.78, 5) is 21.9. The largest absolute Gasteiger partial charge is 0.478 e. The Labute approximate surface area is 177 Å². The van der Waals surface area contributed by atoms with Gasteiger partial charge in [0.25, 0.3) is 5.69 Å². The van der Waals surface area contributed by atoms with Gasteiger partial charge in [-0.1, -0.05) is 101 Å². The summed E-state index contributed by atoms with van der Waals surface area (Å²) < 4.78 is 0. The van der Waals surface area contributed by atoms with E-state index in [9.17, 15) is 14.9 Å². The van der Waals surface area contributed by atoms with E-state index in [0.717, 1.165) is 25.3 Å². The fourth-order valence-corrected chi connectivity index (χ4v) is 3.89. The van der Waals surface area contributed by atoms with E-state index in [1.807, 2.05) is 0 Å². The van der Waals surface area contributed by atoms with Crippen molar-refractivity contribution in [2.24, 2.45) is 0 Å². The lowest BCUT2D eigenvalue weighted by Gasteiger charge is -2.09. The number of hydrogen-bond acceptors (Lipinski definition) is 3. The van der Waals surface area contributed by atoms with Gasteiger partial charge in [0.15, 0.2) is 0 Å². The molecule has 0 fully saturated rings. The molecule has 1 aromatic carbocycles.